The Labute approximate surface area is 165 Å². The number of halogens is 3. The molecule has 0 saturated carbocycles. The van der Waals surface area contributed by atoms with Crippen molar-refractivity contribution in [2.24, 2.45) is 0 Å². The Hall–Kier alpha value is -2.59. The quantitative estimate of drug-likeness (QED) is 0.673. The van der Waals surface area contributed by atoms with Gasteiger partial charge in [0, 0.05) is 19.1 Å². The first-order valence-corrected chi connectivity index (χ1v) is 10.5. The summed E-state index contributed by atoms with van der Waals surface area (Å²) in [4.78, 5) is 6.16. The van der Waals surface area contributed by atoms with Crippen molar-refractivity contribution in [2.45, 2.75) is 30.0 Å². The van der Waals surface area contributed by atoms with Gasteiger partial charge in [0.1, 0.15) is 5.52 Å². The van der Waals surface area contributed by atoms with E-state index in [0.717, 1.165) is 42.6 Å². The number of nitrogens with one attached hydrogen (secondary N) is 1. The highest BCUT2D eigenvalue weighted by atomic mass is 32.2. The van der Waals surface area contributed by atoms with Crippen LogP contribution in [0, 0.1) is 0 Å². The van der Waals surface area contributed by atoms with Gasteiger partial charge in [0.05, 0.1) is 10.5 Å². The number of alkyl halides is 3. The molecule has 10 heteroatoms. The fraction of sp³-hybridized carbons (Fsp3) is 0.316. The van der Waals surface area contributed by atoms with E-state index in [2.05, 4.69) is 9.71 Å². The molecule has 0 spiro atoms. The van der Waals surface area contributed by atoms with E-state index < -0.39 is 21.8 Å². The van der Waals surface area contributed by atoms with Crippen LogP contribution < -0.4 is 9.62 Å². The molecule has 1 aromatic heterocycles. The number of oxazole rings is 1. The molecule has 0 aliphatic carbocycles. The smallest absolute Gasteiger partial charge is 0.416 e. The number of rotatable bonds is 5. The van der Waals surface area contributed by atoms with Crippen LogP contribution in [0.4, 0.5) is 19.2 Å². The third-order valence-electron chi connectivity index (χ3n) is 4.91. The second-order valence-corrected chi connectivity index (χ2v) is 8.59. The van der Waals surface area contributed by atoms with E-state index in [1.807, 2.05) is 29.2 Å². The fourth-order valence-corrected chi connectivity index (χ4v) is 4.47. The van der Waals surface area contributed by atoms with E-state index in [1.165, 1.54) is 0 Å². The highest BCUT2D eigenvalue weighted by Gasteiger charge is 2.32. The van der Waals surface area contributed by atoms with Crippen LogP contribution in [0.5, 0.6) is 0 Å². The number of hydrogen-bond donors (Lipinski definition) is 1. The van der Waals surface area contributed by atoms with Gasteiger partial charge < -0.3 is 9.32 Å². The van der Waals surface area contributed by atoms with Gasteiger partial charge in [0.25, 0.3) is 6.01 Å². The largest absolute Gasteiger partial charge is 0.423 e. The van der Waals surface area contributed by atoms with Gasteiger partial charge in [-0.3, -0.25) is 0 Å². The zero-order valence-corrected chi connectivity index (χ0v) is 16.0. The van der Waals surface area contributed by atoms with Crippen LogP contribution in [-0.4, -0.2) is 32.5 Å². The number of aromatic nitrogens is 1. The predicted octanol–water partition coefficient (Wildman–Crippen LogP) is 3.79. The lowest BCUT2D eigenvalue weighted by Gasteiger charge is -2.23. The number of sulfonamides is 1. The summed E-state index contributed by atoms with van der Waals surface area (Å²) in [5.74, 6) is 0. The average molecular weight is 425 g/mol. The molecule has 1 saturated heterocycles. The molecule has 154 valence electrons. The van der Waals surface area contributed by atoms with E-state index in [0.29, 0.717) is 18.1 Å². The summed E-state index contributed by atoms with van der Waals surface area (Å²) in [5, 5.41) is 0. The van der Waals surface area contributed by atoms with Crippen molar-refractivity contribution in [3.05, 3.63) is 54.1 Å². The van der Waals surface area contributed by atoms with Crippen molar-refractivity contribution >= 4 is 27.1 Å². The summed E-state index contributed by atoms with van der Waals surface area (Å²) >= 11 is 0. The maximum absolute atomic E-state index is 12.7. The van der Waals surface area contributed by atoms with Gasteiger partial charge in [-0.2, -0.15) is 18.2 Å². The summed E-state index contributed by atoms with van der Waals surface area (Å²) in [7, 11) is -3.94. The van der Waals surface area contributed by atoms with Crippen LogP contribution in [0.3, 0.4) is 0 Å². The Morgan fingerprint density at radius 3 is 2.55 bits per heavy atom. The van der Waals surface area contributed by atoms with Crippen molar-refractivity contribution in [3.63, 3.8) is 0 Å². The van der Waals surface area contributed by atoms with E-state index in [-0.39, 0.29) is 17.5 Å². The zero-order valence-electron chi connectivity index (χ0n) is 15.2. The van der Waals surface area contributed by atoms with Crippen molar-refractivity contribution in [2.75, 3.05) is 18.0 Å². The molecule has 4 rings (SSSR count). The van der Waals surface area contributed by atoms with Gasteiger partial charge in [-0.25, -0.2) is 13.1 Å². The first-order chi connectivity index (χ1) is 13.7. The zero-order chi connectivity index (χ0) is 20.6. The van der Waals surface area contributed by atoms with E-state index in [4.69, 9.17) is 4.42 Å². The van der Waals surface area contributed by atoms with E-state index in [9.17, 15) is 21.6 Å². The van der Waals surface area contributed by atoms with Crippen LogP contribution >= 0.6 is 0 Å². The van der Waals surface area contributed by atoms with Gasteiger partial charge in [-0.15, -0.1) is 0 Å². The van der Waals surface area contributed by atoms with Crippen LogP contribution in [-0.2, 0) is 16.2 Å². The predicted molar refractivity (Wildman–Crippen MR) is 101 cm³/mol. The molecular weight excluding hydrogens is 407 g/mol. The molecule has 1 aliphatic heterocycles. The van der Waals surface area contributed by atoms with Crippen LogP contribution in [0.2, 0.25) is 0 Å². The van der Waals surface area contributed by atoms with Crippen LogP contribution in [0.25, 0.3) is 11.1 Å². The summed E-state index contributed by atoms with van der Waals surface area (Å²) < 4.78 is 71.2. The normalized spacial score (nSPS) is 17.9. The second-order valence-electron chi connectivity index (χ2n) is 6.83. The third kappa shape index (κ3) is 4.08. The molecule has 1 fully saturated rings. The number of nitrogens with zero attached hydrogens (tertiary/aromatic N) is 2. The topological polar surface area (TPSA) is 75.4 Å². The summed E-state index contributed by atoms with van der Waals surface area (Å²) in [6.45, 7) is 0.779. The molecule has 1 aliphatic rings. The molecular formula is C19H18F3N3O3S. The second kappa shape index (κ2) is 7.34. The van der Waals surface area contributed by atoms with Crippen molar-refractivity contribution in [3.8, 4) is 0 Å². The van der Waals surface area contributed by atoms with Gasteiger partial charge in [-0.05, 0) is 49.2 Å². The average Bonchev–Trinajstić information content (AvgIpc) is 3.32. The fourth-order valence-electron chi connectivity index (χ4n) is 3.39. The molecule has 0 bridgehead atoms. The minimum atomic E-state index is -4.51. The molecule has 2 heterocycles. The van der Waals surface area contributed by atoms with Crippen molar-refractivity contribution in [1.29, 1.82) is 0 Å². The van der Waals surface area contributed by atoms with Gasteiger partial charge in [-0.1, -0.05) is 12.1 Å². The molecule has 0 amide bonds. The molecule has 1 atom stereocenters. The molecule has 3 aromatic rings. The highest BCUT2D eigenvalue weighted by molar-refractivity contribution is 7.89. The third-order valence-corrected chi connectivity index (χ3v) is 6.35. The minimum absolute atomic E-state index is 0.0993. The number of hydrogen-bond acceptors (Lipinski definition) is 5. The summed E-state index contributed by atoms with van der Waals surface area (Å²) in [5.41, 5.74) is 0.478. The lowest BCUT2D eigenvalue weighted by molar-refractivity contribution is -0.137. The molecule has 1 unspecified atom stereocenters. The standard InChI is InChI=1S/C19H18F3N3O3S/c20-19(21,22)13-7-9-15(10-8-13)29(26,27)23-12-14-4-3-11-25(14)18-24-16-5-1-2-6-17(16)28-18/h1-2,5-10,14,23H,3-4,11-12H2. The Morgan fingerprint density at radius 1 is 1.14 bits per heavy atom. The van der Waals surface area contributed by atoms with Crippen molar-refractivity contribution < 1.29 is 26.0 Å². The molecule has 0 radical (unpaired) electrons. The van der Waals surface area contributed by atoms with Gasteiger partial charge in [0.2, 0.25) is 10.0 Å². The number of fused-ring (bicyclic) bond motifs is 1. The van der Waals surface area contributed by atoms with Crippen LogP contribution in [0.1, 0.15) is 18.4 Å². The minimum Gasteiger partial charge on any atom is -0.423 e. The summed E-state index contributed by atoms with van der Waals surface area (Å²) in [6, 6.07) is 11.0. The summed E-state index contributed by atoms with van der Waals surface area (Å²) in [6.07, 6.45) is -2.92. The Balaban J connectivity index is 1.47. The maximum Gasteiger partial charge on any atom is 0.416 e. The number of anilines is 1. The van der Waals surface area contributed by atoms with Crippen LogP contribution in [0.15, 0.2) is 57.8 Å². The molecule has 29 heavy (non-hydrogen) atoms. The maximum atomic E-state index is 12.7. The lowest BCUT2D eigenvalue weighted by atomic mass is 10.2. The Kier molecular flexibility index (Phi) is 4.99. The first-order valence-electron chi connectivity index (χ1n) is 9.03. The monoisotopic (exact) mass is 425 g/mol. The SMILES string of the molecule is O=S(=O)(NCC1CCCN1c1nc2ccccc2o1)c1ccc(C(F)(F)F)cc1. The molecule has 6 nitrogen and oxygen atoms in total. The first kappa shape index (κ1) is 19.7. The van der Waals surface area contributed by atoms with Gasteiger partial charge >= 0.3 is 6.18 Å². The van der Waals surface area contributed by atoms with Crippen molar-refractivity contribution in [1.82, 2.24) is 9.71 Å². The molecule has 1 N–H and O–H groups in total. The number of benzene rings is 2. The molecule has 2 aromatic carbocycles. The van der Waals surface area contributed by atoms with E-state index in [1.54, 1.807) is 0 Å². The lowest BCUT2D eigenvalue weighted by Crippen LogP contribution is -2.40. The Bertz CT molecular complexity index is 1080. The highest BCUT2D eigenvalue weighted by Crippen LogP contribution is 2.30. The Morgan fingerprint density at radius 2 is 1.86 bits per heavy atom. The van der Waals surface area contributed by atoms with E-state index >= 15 is 0 Å². The van der Waals surface area contributed by atoms with Gasteiger partial charge in [0.15, 0.2) is 5.58 Å². The number of para-hydroxylation sites is 2.